The maximum Gasteiger partial charge on any atom is 0.278 e. The van der Waals surface area contributed by atoms with Gasteiger partial charge in [0, 0.05) is 12.1 Å². The molecule has 1 amide bonds. The van der Waals surface area contributed by atoms with Gasteiger partial charge in [-0.25, -0.2) is 4.68 Å². The first-order valence-electron chi connectivity index (χ1n) is 8.41. The van der Waals surface area contributed by atoms with E-state index in [0.29, 0.717) is 29.7 Å². The summed E-state index contributed by atoms with van der Waals surface area (Å²) in [6.07, 6.45) is 1.69. The molecule has 6 nitrogen and oxygen atoms in total. The van der Waals surface area contributed by atoms with Crippen LogP contribution in [0.15, 0.2) is 60.8 Å². The molecule has 1 heterocycles. The van der Waals surface area contributed by atoms with Crippen LogP contribution in [0.1, 0.15) is 10.5 Å². The zero-order valence-electron chi connectivity index (χ0n) is 15.1. The fraction of sp³-hybridized carbons (Fsp3) is 0.200. The molecule has 2 aromatic carbocycles. The Bertz CT molecular complexity index is 912. The third-order valence-corrected chi connectivity index (χ3v) is 4.20. The van der Waals surface area contributed by atoms with E-state index in [1.54, 1.807) is 35.0 Å². The summed E-state index contributed by atoms with van der Waals surface area (Å²) in [6.45, 7) is 0.733. The number of para-hydroxylation sites is 1. The van der Waals surface area contributed by atoms with Gasteiger partial charge in [0.25, 0.3) is 5.91 Å². The summed E-state index contributed by atoms with van der Waals surface area (Å²) < 4.78 is 12.6. The van der Waals surface area contributed by atoms with Gasteiger partial charge in [-0.2, -0.15) is 5.10 Å². The van der Waals surface area contributed by atoms with E-state index in [1.165, 1.54) is 7.11 Å². The van der Waals surface area contributed by atoms with E-state index in [4.69, 9.17) is 21.1 Å². The van der Waals surface area contributed by atoms with Crippen molar-refractivity contribution >= 4 is 17.5 Å². The molecular weight excluding hydrogens is 366 g/mol. The molecule has 3 rings (SSSR count). The van der Waals surface area contributed by atoms with Crippen molar-refractivity contribution < 1.29 is 14.3 Å². The van der Waals surface area contributed by atoms with Crippen LogP contribution in [0.25, 0.3) is 5.69 Å². The van der Waals surface area contributed by atoms with Crippen LogP contribution in [-0.4, -0.2) is 47.9 Å². The molecule has 1 aromatic heterocycles. The fourth-order valence-corrected chi connectivity index (χ4v) is 2.69. The average molecular weight is 386 g/mol. The summed E-state index contributed by atoms with van der Waals surface area (Å²) in [5, 5.41) is 5.00. The van der Waals surface area contributed by atoms with Crippen molar-refractivity contribution in [3.8, 4) is 17.2 Å². The SMILES string of the molecule is COc1cn(-c2ccccc2)nc1C(=O)N(C)CCOc1cccc(Cl)c1. The van der Waals surface area contributed by atoms with Gasteiger partial charge < -0.3 is 14.4 Å². The van der Waals surface area contributed by atoms with Gasteiger partial charge in [-0.3, -0.25) is 4.79 Å². The largest absolute Gasteiger partial charge is 0.493 e. The molecule has 7 heteroatoms. The monoisotopic (exact) mass is 385 g/mol. The molecule has 3 aromatic rings. The van der Waals surface area contributed by atoms with Gasteiger partial charge in [-0.15, -0.1) is 0 Å². The molecule has 0 unspecified atom stereocenters. The minimum atomic E-state index is -0.240. The van der Waals surface area contributed by atoms with Gasteiger partial charge in [0.15, 0.2) is 11.4 Å². The van der Waals surface area contributed by atoms with Crippen molar-refractivity contribution in [2.75, 3.05) is 27.3 Å². The molecule has 0 aliphatic heterocycles. The number of hydrogen-bond donors (Lipinski definition) is 0. The maximum absolute atomic E-state index is 12.8. The highest BCUT2D eigenvalue weighted by atomic mass is 35.5. The Kier molecular flexibility index (Phi) is 5.98. The summed E-state index contributed by atoms with van der Waals surface area (Å²) in [4.78, 5) is 14.3. The molecule has 0 fully saturated rings. The zero-order valence-corrected chi connectivity index (χ0v) is 15.9. The number of methoxy groups -OCH3 is 1. The molecule has 0 saturated carbocycles. The Balaban J connectivity index is 1.66. The number of rotatable bonds is 7. The molecule has 0 aliphatic carbocycles. The highest BCUT2D eigenvalue weighted by molar-refractivity contribution is 6.30. The second kappa shape index (κ2) is 8.60. The number of hydrogen-bond acceptors (Lipinski definition) is 4. The summed E-state index contributed by atoms with van der Waals surface area (Å²) in [5.41, 5.74) is 1.11. The van der Waals surface area contributed by atoms with Crippen LogP contribution in [-0.2, 0) is 0 Å². The van der Waals surface area contributed by atoms with Gasteiger partial charge in [-0.1, -0.05) is 35.9 Å². The van der Waals surface area contributed by atoms with E-state index in [9.17, 15) is 4.79 Å². The number of likely N-dealkylation sites (N-methyl/N-ethyl adjacent to an activating group) is 1. The lowest BCUT2D eigenvalue weighted by atomic mass is 10.3. The molecule has 140 valence electrons. The maximum atomic E-state index is 12.8. The number of carbonyl (C=O) groups excluding carboxylic acids is 1. The van der Waals surface area contributed by atoms with Crippen molar-refractivity contribution in [1.82, 2.24) is 14.7 Å². The second-order valence-electron chi connectivity index (χ2n) is 5.86. The highest BCUT2D eigenvalue weighted by Crippen LogP contribution is 2.21. The van der Waals surface area contributed by atoms with E-state index < -0.39 is 0 Å². The number of carbonyl (C=O) groups is 1. The molecule has 0 spiro atoms. The molecule has 0 N–H and O–H groups in total. The van der Waals surface area contributed by atoms with Crippen LogP contribution in [0.2, 0.25) is 5.02 Å². The quantitative estimate of drug-likeness (QED) is 0.622. The van der Waals surface area contributed by atoms with Crippen molar-refractivity contribution in [3.05, 3.63) is 71.5 Å². The lowest BCUT2D eigenvalue weighted by Crippen LogP contribution is -2.31. The van der Waals surface area contributed by atoms with Gasteiger partial charge in [-0.05, 0) is 30.3 Å². The third-order valence-electron chi connectivity index (χ3n) is 3.96. The van der Waals surface area contributed by atoms with Gasteiger partial charge >= 0.3 is 0 Å². The molecule has 0 atom stereocenters. The topological polar surface area (TPSA) is 56.6 Å². The Morgan fingerprint density at radius 1 is 1.19 bits per heavy atom. The van der Waals surface area contributed by atoms with Gasteiger partial charge in [0.05, 0.1) is 25.5 Å². The van der Waals surface area contributed by atoms with Crippen LogP contribution < -0.4 is 9.47 Å². The number of aromatic nitrogens is 2. The van der Waals surface area contributed by atoms with Crippen molar-refractivity contribution in [3.63, 3.8) is 0 Å². The van der Waals surface area contributed by atoms with Gasteiger partial charge in [0.1, 0.15) is 12.4 Å². The molecular formula is C20H20ClN3O3. The fourth-order valence-electron chi connectivity index (χ4n) is 2.51. The normalized spacial score (nSPS) is 10.5. The van der Waals surface area contributed by atoms with Crippen molar-refractivity contribution in [2.24, 2.45) is 0 Å². The highest BCUT2D eigenvalue weighted by Gasteiger charge is 2.21. The summed E-state index contributed by atoms with van der Waals surface area (Å²) in [7, 11) is 3.22. The van der Waals surface area contributed by atoms with E-state index in [0.717, 1.165) is 5.69 Å². The zero-order chi connectivity index (χ0) is 19.2. The third kappa shape index (κ3) is 4.60. The van der Waals surface area contributed by atoms with Crippen LogP contribution in [0.5, 0.6) is 11.5 Å². The second-order valence-corrected chi connectivity index (χ2v) is 6.30. The Labute approximate surface area is 162 Å². The number of halogens is 1. The molecule has 0 aliphatic rings. The average Bonchev–Trinajstić information content (AvgIpc) is 3.12. The number of amides is 1. The van der Waals surface area contributed by atoms with Crippen LogP contribution in [0.4, 0.5) is 0 Å². The first-order chi connectivity index (χ1) is 13.1. The van der Waals surface area contributed by atoms with E-state index >= 15 is 0 Å². The molecule has 0 saturated heterocycles. The van der Waals surface area contributed by atoms with E-state index in [-0.39, 0.29) is 11.6 Å². The van der Waals surface area contributed by atoms with E-state index in [2.05, 4.69) is 5.10 Å². The lowest BCUT2D eigenvalue weighted by molar-refractivity contribution is 0.0764. The first kappa shape index (κ1) is 18.8. The summed E-state index contributed by atoms with van der Waals surface area (Å²) in [5.74, 6) is 0.844. The van der Waals surface area contributed by atoms with Gasteiger partial charge in [0.2, 0.25) is 0 Å². The van der Waals surface area contributed by atoms with Crippen LogP contribution in [0, 0.1) is 0 Å². The lowest BCUT2D eigenvalue weighted by Gasteiger charge is -2.17. The standard InChI is InChI=1S/C20H20ClN3O3/c1-23(11-12-27-17-10-6-7-15(21)13-17)20(25)19-18(26-2)14-24(22-19)16-8-4-3-5-9-16/h3-10,13-14H,11-12H2,1-2H3. The smallest absolute Gasteiger partial charge is 0.278 e. The van der Waals surface area contributed by atoms with Crippen molar-refractivity contribution in [1.29, 1.82) is 0 Å². The summed E-state index contributed by atoms with van der Waals surface area (Å²) in [6, 6.07) is 16.7. The van der Waals surface area contributed by atoms with Crippen LogP contribution >= 0.6 is 11.6 Å². The van der Waals surface area contributed by atoms with Crippen molar-refractivity contribution in [2.45, 2.75) is 0 Å². The Hall–Kier alpha value is -2.99. The first-order valence-corrected chi connectivity index (χ1v) is 8.79. The minimum absolute atomic E-state index is 0.240. The summed E-state index contributed by atoms with van der Waals surface area (Å²) >= 11 is 5.93. The number of nitrogens with zero attached hydrogens (tertiary/aromatic N) is 3. The molecule has 0 bridgehead atoms. The molecule has 0 radical (unpaired) electrons. The Morgan fingerprint density at radius 3 is 2.67 bits per heavy atom. The minimum Gasteiger partial charge on any atom is -0.493 e. The molecule has 27 heavy (non-hydrogen) atoms. The van der Waals surface area contributed by atoms with E-state index in [1.807, 2.05) is 42.5 Å². The number of ether oxygens (including phenoxy) is 2. The predicted octanol–water partition coefficient (Wildman–Crippen LogP) is 3.69. The number of benzene rings is 2. The predicted molar refractivity (Wildman–Crippen MR) is 104 cm³/mol. The van der Waals surface area contributed by atoms with Crippen LogP contribution in [0.3, 0.4) is 0 Å². The Morgan fingerprint density at radius 2 is 1.96 bits per heavy atom.